The van der Waals surface area contributed by atoms with E-state index >= 15 is 0 Å². The van der Waals surface area contributed by atoms with E-state index < -0.39 is 8.25 Å². The number of aryl methyl sites for hydroxylation is 1. The van der Waals surface area contributed by atoms with E-state index in [0.717, 1.165) is 17.3 Å². The van der Waals surface area contributed by atoms with Gasteiger partial charge in [-0.15, -0.1) is 9.42 Å². The lowest BCUT2D eigenvalue weighted by Crippen LogP contribution is -1.91. The number of halogens is 1. The lowest BCUT2D eigenvalue weighted by molar-refractivity contribution is 0.277. The average Bonchev–Trinajstić information content (AvgIpc) is 2.12. The number of hydrogen-bond acceptors (Lipinski definition) is 2. The van der Waals surface area contributed by atoms with E-state index in [4.69, 9.17) is 4.89 Å². The van der Waals surface area contributed by atoms with Crippen molar-refractivity contribution in [3.8, 4) is 0 Å². The highest BCUT2D eigenvalue weighted by atomic mass is 79.9. The first-order valence-electron chi connectivity index (χ1n) is 4.22. The van der Waals surface area contributed by atoms with Crippen molar-refractivity contribution in [2.24, 2.45) is 0 Å². The smallest absolute Gasteiger partial charge is 0.133 e. The van der Waals surface area contributed by atoms with E-state index in [9.17, 15) is 4.57 Å². The van der Waals surface area contributed by atoms with Crippen LogP contribution in [0, 0.1) is 0 Å². The standard InChI is InChI=1S/C9H10BrO3P/c10-9-5-1-3-8(7-9)4-2-6-13-14(11)12/h1,3,5,7H,2,4,6H2/p+1. The summed E-state index contributed by atoms with van der Waals surface area (Å²) in [5.41, 5.74) is 1.19. The summed E-state index contributed by atoms with van der Waals surface area (Å²) in [5, 5.41) is 0. The molecule has 0 amide bonds. The molecule has 76 valence electrons. The largest absolute Gasteiger partial charge is 0.694 e. The highest BCUT2D eigenvalue weighted by Gasteiger charge is 2.10. The zero-order chi connectivity index (χ0) is 10.4. The zero-order valence-electron chi connectivity index (χ0n) is 7.52. The molecule has 0 heterocycles. The van der Waals surface area contributed by atoms with Crippen molar-refractivity contribution in [2.75, 3.05) is 6.61 Å². The molecule has 0 aliphatic rings. The second-order valence-electron chi connectivity index (χ2n) is 2.80. The molecule has 0 radical (unpaired) electrons. The van der Waals surface area contributed by atoms with Gasteiger partial charge in [0.1, 0.15) is 6.61 Å². The summed E-state index contributed by atoms with van der Waals surface area (Å²) in [6, 6.07) is 7.97. The van der Waals surface area contributed by atoms with E-state index in [1.54, 1.807) is 0 Å². The van der Waals surface area contributed by atoms with Gasteiger partial charge >= 0.3 is 8.25 Å². The second kappa shape index (κ2) is 6.25. The van der Waals surface area contributed by atoms with Gasteiger partial charge in [0, 0.05) is 9.04 Å². The molecule has 0 bridgehead atoms. The summed E-state index contributed by atoms with van der Waals surface area (Å²) in [7, 11) is -2.45. The van der Waals surface area contributed by atoms with Crippen molar-refractivity contribution in [1.82, 2.24) is 0 Å². The first-order valence-corrected chi connectivity index (χ1v) is 6.14. The first-order chi connectivity index (χ1) is 6.68. The molecule has 0 aliphatic carbocycles. The van der Waals surface area contributed by atoms with E-state index in [1.807, 2.05) is 24.3 Å². The summed E-state index contributed by atoms with van der Waals surface area (Å²) in [4.78, 5) is 8.37. The summed E-state index contributed by atoms with van der Waals surface area (Å²) in [6.45, 7) is 0.318. The predicted molar refractivity (Wildman–Crippen MR) is 58.2 cm³/mol. The molecule has 1 aromatic carbocycles. The maximum atomic E-state index is 10.2. The molecule has 14 heavy (non-hydrogen) atoms. The average molecular weight is 278 g/mol. The molecular formula is C9H11BrO3P+. The van der Waals surface area contributed by atoms with Crippen molar-refractivity contribution in [2.45, 2.75) is 12.8 Å². The molecule has 0 spiro atoms. The van der Waals surface area contributed by atoms with Crippen LogP contribution in [0.4, 0.5) is 0 Å². The van der Waals surface area contributed by atoms with Gasteiger partial charge in [0.25, 0.3) is 0 Å². The van der Waals surface area contributed by atoms with Crippen molar-refractivity contribution in [3.63, 3.8) is 0 Å². The SMILES string of the molecule is O=[P+](O)OCCCc1cccc(Br)c1. The molecule has 3 nitrogen and oxygen atoms in total. The first kappa shape index (κ1) is 11.8. The number of hydrogen-bond donors (Lipinski definition) is 1. The monoisotopic (exact) mass is 277 g/mol. The predicted octanol–water partition coefficient (Wildman–Crippen LogP) is 3.05. The third-order valence-electron chi connectivity index (χ3n) is 1.70. The van der Waals surface area contributed by atoms with Gasteiger partial charge in [-0.05, 0) is 30.5 Å². The van der Waals surface area contributed by atoms with Gasteiger partial charge in [-0.25, -0.2) is 0 Å². The van der Waals surface area contributed by atoms with Gasteiger partial charge in [-0.1, -0.05) is 28.1 Å². The van der Waals surface area contributed by atoms with Crippen LogP contribution >= 0.6 is 24.2 Å². The molecule has 1 unspecified atom stereocenters. The van der Waals surface area contributed by atoms with E-state index in [-0.39, 0.29) is 0 Å². The third-order valence-corrected chi connectivity index (χ3v) is 2.60. The van der Waals surface area contributed by atoms with Crippen LogP contribution in [0.15, 0.2) is 28.7 Å². The van der Waals surface area contributed by atoms with Gasteiger partial charge < -0.3 is 0 Å². The Kier molecular flexibility index (Phi) is 5.26. The van der Waals surface area contributed by atoms with Crippen LogP contribution in [-0.2, 0) is 15.5 Å². The Bertz CT molecular complexity index is 317. The molecular weight excluding hydrogens is 267 g/mol. The van der Waals surface area contributed by atoms with Gasteiger partial charge in [-0.2, -0.15) is 0 Å². The molecule has 5 heteroatoms. The van der Waals surface area contributed by atoms with Gasteiger partial charge in [0.05, 0.1) is 0 Å². The van der Waals surface area contributed by atoms with Crippen LogP contribution in [0.25, 0.3) is 0 Å². The summed E-state index contributed by atoms with van der Waals surface area (Å²) < 4.78 is 15.8. The van der Waals surface area contributed by atoms with E-state index in [1.165, 1.54) is 5.56 Å². The third kappa shape index (κ3) is 4.82. The minimum Gasteiger partial charge on any atom is -0.133 e. The highest BCUT2D eigenvalue weighted by Crippen LogP contribution is 2.16. The van der Waals surface area contributed by atoms with Crippen LogP contribution in [0.3, 0.4) is 0 Å². The Labute approximate surface area is 92.2 Å². The van der Waals surface area contributed by atoms with Crippen molar-refractivity contribution < 1.29 is 14.0 Å². The molecule has 1 N–H and O–H groups in total. The molecule has 0 saturated heterocycles. The lowest BCUT2D eigenvalue weighted by Gasteiger charge is -1.98. The van der Waals surface area contributed by atoms with Gasteiger partial charge in [0.2, 0.25) is 0 Å². The highest BCUT2D eigenvalue weighted by molar-refractivity contribution is 9.10. The Hall–Kier alpha value is -0.280. The topological polar surface area (TPSA) is 46.5 Å². The molecule has 1 atom stereocenters. The maximum Gasteiger partial charge on any atom is 0.694 e. The number of rotatable bonds is 5. The van der Waals surface area contributed by atoms with Crippen LogP contribution in [-0.4, -0.2) is 11.5 Å². The fourth-order valence-electron chi connectivity index (χ4n) is 1.11. The van der Waals surface area contributed by atoms with Crippen molar-refractivity contribution in [3.05, 3.63) is 34.3 Å². The maximum absolute atomic E-state index is 10.2. The fourth-order valence-corrected chi connectivity index (χ4v) is 1.84. The van der Waals surface area contributed by atoms with Gasteiger partial charge in [-0.3, -0.25) is 0 Å². The van der Waals surface area contributed by atoms with Crippen LogP contribution in [0.2, 0.25) is 0 Å². The number of benzene rings is 1. The van der Waals surface area contributed by atoms with E-state index in [2.05, 4.69) is 20.5 Å². The molecule has 1 rings (SSSR count). The molecule has 1 aromatic rings. The van der Waals surface area contributed by atoms with Gasteiger partial charge in [0.15, 0.2) is 0 Å². The Morgan fingerprint density at radius 2 is 2.29 bits per heavy atom. The summed E-state index contributed by atoms with van der Waals surface area (Å²) >= 11 is 3.38. The van der Waals surface area contributed by atoms with E-state index in [0.29, 0.717) is 6.61 Å². The Morgan fingerprint density at radius 1 is 1.50 bits per heavy atom. The normalized spacial score (nSPS) is 11.4. The lowest BCUT2D eigenvalue weighted by atomic mass is 10.1. The molecule has 0 aliphatic heterocycles. The van der Waals surface area contributed by atoms with Crippen molar-refractivity contribution >= 4 is 24.2 Å². The Balaban J connectivity index is 2.28. The van der Waals surface area contributed by atoms with Crippen LogP contribution < -0.4 is 0 Å². The fraction of sp³-hybridized carbons (Fsp3) is 0.333. The van der Waals surface area contributed by atoms with Crippen LogP contribution in [0.5, 0.6) is 0 Å². The van der Waals surface area contributed by atoms with Crippen LogP contribution in [0.1, 0.15) is 12.0 Å². The minimum atomic E-state index is -2.45. The molecule has 0 saturated carbocycles. The summed E-state index contributed by atoms with van der Waals surface area (Å²) in [6.07, 6.45) is 1.60. The minimum absolute atomic E-state index is 0.318. The molecule has 0 fully saturated rings. The summed E-state index contributed by atoms with van der Waals surface area (Å²) in [5.74, 6) is 0. The molecule has 0 aromatic heterocycles. The zero-order valence-corrected chi connectivity index (χ0v) is 10.0. The quantitative estimate of drug-likeness (QED) is 0.665. The van der Waals surface area contributed by atoms with Crippen molar-refractivity contribution in [1.29, 1.82) is 0 Å². The Morgan fingerprint density at radius 3 is 2.93 bits per heavy atom. The second-order valence-corrected chi connectivity index (χ2v) is 4.45.